The van der Waals surface area contributed by atoms with Crippen LogP contribution in [0.1, 0.15) is 38.2 Å². The Hall–Kier alpha value is -2.56. The zero-order valence-electron chi connectivity index (χ0n) is 12.2. The summed E-state index contributed by atoms with van der Waals surface area (Å²) in [7, 11) is 0. The summed E-state index contributed by atoms with van der Waals surface area (Å²) in [6.07, 6.45) is 0. The number of aromatic nitrogens is 1. The molecule has 0 saturated carbocycles. The van der Waals surface area contributed by atoms with Gasteiger partial charge >= 0.3 is 5.97 Å². The number of carboxylic acid groups (broad SMARTS) is 1. The number of ketones is 1. The summed E-state index contributed by atoms with van der Waals surface area (Å²) in [6, 6.07) is 7.29. The maximum absolute atomic E-state index is 11.6. The summed E-state index contributed by atoms with van der Waals surface area (Å²) in [4.78, 5) is 28.0. The van der Waals surface area contributed by atoms with Gasteiger partial charge in [-0.1, -0.05) is 0 Å². The highest BCUT2D eigenvalue weighted by molar-refractivity contribution is 7.26. The molecule has 0 unspecified atom stereocenters. The zero-order valence-corrected chi connectivity index (χ0v) is 13.8. The molecule has 0 aliphatic heterocycles. The molecule has 2 aromatic heterocycles. The first-order valence-corrected chi connectivity index (χ1v) is 8.23. The highest BCUT2D eigenvalue weighted by Gasteiger charge is 2.18. The van der Waals surface area contributed by atoms with Crippen molar-refractivity contribution in [2.24, 2.45) is 0 Å². The lowest BCUT2D eigenvalue weighted by Crippen LogP contribution is -1.94. The number of aromatic carboxylic acids is 1. The molecule has 0 saturated heterocycles. The van der Waals surface area contributed by atoms with E-state index in [1.165, 1.54) is 18.3 Å². The maximum Gasteiger partial charge on any atom is 0.347 e. The highest BCUT2D eigenvalue weighted by Crippen LogP contribution is 2.38. The third kappa shape index (κ3) is 2.63. The first kappa shape index (κ1) is 15.3. The topological polar surface area (TPSA) is 91.0 Å². The van der Waals surface area contributed by atoms with Crippen molar-refractivity contribution in [2.45, 2.75) is 13.8 Å². The summed E-state index contributed by atoms with van der Waals surface area (Å²) < 4.78 is 0.775. The van der Waals surface area contributed by atoms with Crippen LogP contribution < -0.4 is 0 Å². The number of thiazole rings is 1. The number of carbonyl (C=O) groups is 2. The lowest BCUT2D eigenvalue weighted by molar-refractivity contribution is 0.0701. The number of carboxylic acids is 1. The van der Waals surface area contributed by atoms with Crippen LogP contribution >= 0.6 is 22.7 Å². The number of nitriles is 1. The monoisotopic (exact) mass is 342 g/mol. The molecule has 0 bridgehead atoms. The van der Waals surface area contributed by atoms with Crippen molar-refractivity contribution in [3.05, 3.63) is 39.9 Å². The van der Waals surface area contributed by atoms with E-state index in [0.29, 0.717) is 21.8 Å². The van der Waals surface area contributed by atoms with E-state index < -0.39 is 5.97 Å². The van der Waals surface area contributed by atoms with E-state index in [0.717, 1.165) is 26.3 Å². The van der Waals surface area contributed by atoms with Crippen molar-refractivity contribution in [3.8, 4) is 16.0 Å². The molecule has 0 radical (unpaired) electrons. The Morgan fingerprint density at radius 3 is 2.57 bits per heavy atom. The van der Waals surface area contributed by atoms with E-state index in [4.69, 9.17) is 5.11 Å². The molecule has 2 heterocycles. The molecular formula is C16H10N2O3S2. The summed E-state index contributed by atoms with van der Waals surface area (Å²) in [5.41, 5.74) is 1.40. The third-order valence-corrected chi connectivity index (χ3v) is 5.84. The van der Waals surface area contributed by atoms with Crippen molar-refractivity contribution >= 4 is 44.5 Å². The van der Waals surface area contributed by atoms with Gasteiger partial charge in [0.25, 0.3) is 0 Å². The number of carbonyl (C=O) groups excluding carboxylic acids is 1. The van der Waals surface area contributed by atoms with E-state index in [2.05, 4.69) is 11.1 Å². The van der Waals surface area contributed by atoms with E-state index in [-0.39, 0.29) is 10.7 Å². The quantitative estimate of drug-likeness (QED) is 0.723. The molecule has 23 heavy (non-hydrogen) atoms. The average molecular weight is 342 g/mol. The molecule has 5 nitrogen and oxygen atoms in total. The average Bonchev–Trinajstić information content (AvgIpc) is 3.08. The van der Waals surface area contributed by atoms with Crippen LogP contribution in [-0.2, 0) is 0 Å². The van der Waals surface area contributed by atoms with Crippen LogP contribution in [0, 0.1) is 18.3 Å². The minimum absolute atomic E-state index is 0.102. The number of benzene rings is 1. The van der Waals surface area contributed by atoms with Crippen molar-refractivity contribution in [2.75, 3.05) is 0 Å². The Morgan fingerprint density at radius 2 is 2.00 bits per heavy atom. The molecule has 0 fully saturated rings. The first-order valence-electron chi connectivity index (χ1n) is 6.60. The Labute approximate surface area is 139 Å². The fourth-order valence-corrected chi connectivity index (χ4v) is 4.30. The van der Waals surface area contributed by atoms with Crippen molar-refractivity contribution in [1.82, 2.24) is 4.98 Å². The van der Waals surface area contributed by atoms with Gasteiger partial charge in [-0.2, -0.15) is 5.26 Å². The van der Waals surface area contributed by atoms with Gasteiger partial charge in [-0.15, -0.1) is 22.7 Å². The SMILES string of the molecule is CC(=O)c1cc(C#N)c2sc(-c3nc(C)c(C(=O)O)s3)cc2c1. The molecule has 7 heteroatoms. The zero-order chi connectivity index (χ0) is 16.7. The van der Waals surface area contributed by atoms with Crippen LogP contribution in [0.2, 0.25) is 0 Å². The number of thiophene rings is 1. The molecule has 0 spiro atoms. The lowest BCUT2D eigenvalue weighted by Gasteiger charge is -1.97. The minimum atomic E-state index is -0.996. The number of nitrogens with zero attached hydrogens (tertiary/aromatic N) is 2. The van der Waals surface area contributed by atoms with Gasteiger partial charge in [-0.25, -0.2) is 9.78 Å². The second-order valence-corrected chi connectivity index (χ2v) is 7.01. The Morgan fingerprint density at radius 1 is 1.26 bits per heavy atom. The lowest BCUT2D eigenvalue weighted by atomic mass is 10.1. The fraction of sp³-hybridized carbons (Fsp3) is 0.125. The van der Waals surface area contributed by atoms with Gasteiger partial charge in [-0.05, 0) is 37.4 Å². The van der Waals surface area contributed by atoms with Crippen molar-refractivity contribution in [3.63, 3.8) is 0 Å². The number of rotatable bonds is 3. The predicted octanol–water partition coefficient (Wildman–Crippen LogP) is 4.11. The molecule has 3 aromatic rings. The second-order valence-electron chi connectivity index (χ2n) is 4.96. The van der Waals surface area contributed by atoms with Crippen LogP contribution in [0.3, 0.4) is 0 Å². The van der Waals surface area contributed by atoms with E-state index in [9.17, 15) is 14.9 Å². The van der Waals surface area contributed by atoms with E-state index >= 15 is 0 Å². The van der Waals surface area contributed by atoms with Crippen molar-refractivity contribution in [1.29, 1.82) is 5.26 Å². The van der Waals surface area contributed by atoms with Gasteiger partial charge < -0.3 is 5.11 Å². The van der Waals surface area contributed by atoms with Crippen LogP contribution in [0.5, 0.6) is 0 Å². The standard InChI is InChI=1S/C16H10N2O3S2/c1-7-13(16(20)21)23-15(18-7)12-5-10-3-9(8(2)19)4-11(6-17)14(10)22-12/h3-5H,1-2H3,(H,20,21). The van der Waals surface area contributed by atoms with E-state index in [1.54, 1.807) is 19.1 Å². The Kier molecular flexibility index (Phi) is 3.72. The smallest absolute Gasteiger partial charge is 0.347 e. The van der Waals surface area contributed by atoms with Gasteiger partial charge in [0, 0.05) is 5.56 Å². The van der Waals surface area contributed by atoms with Gasteiger partial charge in [0.1, 0.15) is 16.0 Å². The minimum Gasteiger partial charge on any atom is -0.477 e. The number of aryl methyl sites for hydroxylation is 1. The number of hydrogen-bond acceptors (Lipinski definition) is 6. The molecular weight excluding hydrogens is 332 g/mol. The number of hydrogen-bond donors (Lipinski definition) is 1. The van der Waals surface area contributed by atoms with Crippen molar-refractivity contribution < 1.29 is 14.7 Å². The van der Waals surface area contributed by atoms with Crippen LogP contribution in [0.25, 0.3) is 20.0 Å². The third-order valence-electron chi connectivity index (χ3n) is 3.34. The second kappa shape index (κ2) is 5.57. The molecule has 1 aromatic carbocycles. The summed E-state index contributed by atoms with van der Waals surface area (Å²) in [5.74, 6) is -1.10. The molecule has 0 amide bonds. The van der Waals surface area contributed by atoms with Crippen LogP contribution in [-0.4, -0.2) is 21.8 Å². The molecule has 1 N–H and O–H groups in total. The molecule has 0 atom stereocenters. The fourth-order valence-electron chi connectivity index (χ4n) is 2.25. The molecule has 0 aliphatic rings. The molecule has 3 rings (SSSR count). The van der Waals surface area contributed by atoms with Gasteiger partial charge in [0.05, 0.1) is 20.8 Å². The van der Waals surface area contributed by atoms with Crippen LogP contribution in [0.4, 0.5) is 0 Å². The summed E-state index contributed by atoms with van der Waals surface area (Å²) in [6.45, 7) is 3.12. The maximum atomic E-state index is 11.6. The highest BCUT2D eigenvalue weighted by atomic mass is 32.1. The molecule has 0 aliphatic carbocycles. The summed E-state index contributed by atoms with van der Waals surface area (Å²) in [5, 5.41) is 19.8. The van der Waals surface area contributed by atoms with Gasteiger partial charge in [-0.3, -0.25) is 4.79 Å². The number of Topliss-reactive ketones (excluding diaryl/α,β-unsaturated/α-hetero) is 1. The number of fused-ring (bicyclic) bond motifs is 1. The Bertz CT molecular complexity index is 1010. The van der Waals surface area contributed by atoms with Gasteiger partial charge in [0.2, 0.25) is 0 Å². The normalized spacial score (nSPS) is 10.7. The molecule has 114 valence electrons. The summed E-state index contributed by atoms with van der Waals surface area (Å²) >= 11 is 2.49. The largest absolute Gasteiger partial charge is 0.477 e. The van der Waals surface area contributed by atoms with Crippen LogP contribution in [0.15, 0.2) is 18.2 Å². The first-order chi connectivity index (χ1) is 10.9. The van der Waals surface area contributed by atoms with Gasteiger partial charge in [0.15, 0.2) is 5.78 Å². The van der Waals surface area contributed by atoms with E-state index in [1.807, 2.05) is 6.07 Å². The predicted molar refractivity (Wildman–Crippen MR) is 89.3 cm³/mol. The Balaban J connectivity index is 2.21.